The second-order valence-corrected chi connectivity index (χ2v) is 2.69. The maximum Gasteiger partial charge on any atom is 0.410 e. The van der Waals surface area contributed by atoms with E-state index >= 15 is 0 Å². The van der Waals surface area contributed by atoms with Crippen molar-refractivity contribution in [2.75, 3.05) is 13.2 Å². The van der Waals surface area contributed by atoms with Crippen molar-refractivity contribution < 1.29 is 9.53 Å². The standard InChI is InChI=1S/C9H13NO2/c1-3-7-12-9(11)10-6-4-5-8(10)2/h3-5,8H,1,6-7H2,2H3/t8-/m0/s1. The summed E-state index contributed by atoms with van der Waals surface area (Å²) in [6.45, 7) is 6.35. The van der Waals surface area contributed by atoms with Gasteiger partial charge in [0.05, 0.1) is 6.04 Å². The largest absolute Gasteiger partial charge is 0.445 e. The van der Waals surface area contributed by atoms with Crippen LogP contribution in [0.2, 0.25) is 0 Å². The third-order valence-electron chi connectivity index (χ3n) is 1.77. The van der Waals surface area contributed by atoms with Gasteiger partial charge in [0.1, 0.15) is 6.61 Å². The van der Waals surface area contributed by atoms with Gasteiger partial charge in [-0.2, -0.15) is 0 Å². The molecular formula is C9H13NO2. The van der Waals surface area contributed by atoms with E-state index in [4.69, 9.17) is 4.74 Å². The van der Waals surface area contributed by atoms with Gasteiger partial charge in [0, 0.05) is 6.54 Å². The topological polar surface area (TPSA) is 29.5 Å². The van der Waals surface area contributed by atoms with Crippen molar-refractivity contribution >= 4 is 6.09 Å². The highest BCUT2D eigenvalue weighted by Gasteiger charge is 2.21. The van der Waals surface area contributed by atoms with E-state index in [1.807, 2.05) is 19.1 Å². The Morgan fingerprint density at radius 2 is 2.67 bits per heavy atom. The van der Waals surface area contributed by atoms with E-state index < -0.39 is 0 Å². The Morgan fingerprint density at radius 3 is 3.17 bits per heavy atom. The summed E-state index contributed by atoms with van der Waals surface area (Å²) >= 11 is 0. The van der Waals surface area contributed by atoms with Crippen LogP contribution < -0.4 is 0 Å². The van der Waals surface area contributed by atoms with Gasteiger partial charge in [-0.05, 0) is 6.92 Å². The summed E-state index contributed by atoms with van der Waals surface area (Å²) in [7, 11) is 0. The monoisotopic (exact) mass is 167 g/mol. The molecule has 1 amide bonds. The van der Waals surface area contributed by atoms with E-state index in [9.17, 15) is 4.79 Å². The molecule has 1 atom stereocenters. The fourth-order valence-electron chi connectivity index (χ4n) is 1.10. The summed E-state index contributed by atoms with van der Waals surface area (Å²) < 4.78 is 4.87. The van der Waals surface area contributed by atoms with Crippen LogP contribution in [-0.2, 0) is 4.74 Å². The minimum absolute atomic E-state index is 0.155. The fraction of sp³-hybridized carbons (Fsp3) is 0.444. The number of ether oxygens (including phenoxy) is 1. The zero-order chi connectivity index (χ0) is 8.97. The molecule has 1 aliphatic rings. The minimum atomic E-state index is -0.271. The molecule has 0 bridgehead atoms. The molecule has 3 nitrogen and oxygen atoms in total. The number of carbonyl (C=O) groups excluding carboxylic acids is 1. The lowest BCUT2D eigenvalue weighted by molar-refractivity contribution is 0.113. The number of rotatable bonds is 2. The highest BCUT2D eigenvalue weighted by molar-refractivity contribution is 5.69. The van der Waals surface area contributed by atoms with Crippen LogP contribution in [0.1, 0.15) is 6.92 Å². The van der Waals surface area contributed by atoms with Gasteiger partial charge < -0.3 is 4.74 Å². The molecule has 0 N–H and O–H groups in total. The van der Waals surface area contributed by atoms with Gasteiger partial charge in [-0.3, -0.25) is 4.90 Å². The molecule has 0 aliphatic carbocycles. The molecule has 1 rings (SSSR count). The molecule has 0 fully saturated rings. The van der Waals surface area contributed by atoms with Crippen LogP contribution in [0, 0.1) is 0 Å². The van der Waals surface area contributed by atoms with Crippen LogP contribution in [0.5, 0.6) is 0 Å². The van der Waals surface area contributed by atoms with Crippen molar-refractivity contribution in [1.29, 1.82) is 0 Å². The van der Waals surface area contributed by atoms with Gasteiger partial charge >= 0.3 is 6.09 Å². The first-order chi connectivity index (χ1) is 5.75. The van der Waals surface area contributed by atoms with Crippen LogP contribution in [0.15, 0.2) is 24.8 Å². The molecule has 12 heavy (non-hydrogen) atoms. The van der Waals surface area contributed by atoms with Gasteiger partial charge in [0.15, 0.2) is 0 Å². The Bertz CT molecular complexity index is 211. The summed E-state index contributed by atoms with van der Waals surface area (Å²) in [4.78, 5) is 12.9. The maximum absolute atomic E-state index is 11.2. The lowest BCUT2D eigenvalue weighted by Gasteiger charge is -2.19. The SMILES string of the molecule is C=CCOC(=O)N1CC=C[C@@H]1C. The Labute approximate surface area is 72.3 Å². The normalized spacial score (nSPS) is 21.1. The zero-order valence-corrected chi connectivity index (χ0v) is 7.19. The van der Waals surface area contributed by atoms with E-state index in [2.05, 4.69) is 6.58 Å². The molecule has 0 aromatic heterocycles. The number of nitrogens with zero attached hydrogens (tertiary/aromatic N) is 1. The van der Waals surface area contributed by atoms with Crippen molar-refractivity contribution in [3.8, 4) is 0 Å². The molecule has 0 unspecified atom stereocenters. The van der Waals surface area contributed by atoms with Crippen LogP contribution in [0.3, 0.4) is 0 Å². The highest BCUT2D eigenvalue weighted by Crippen LogP contribution is 2.09. The van der Waals surface area contributed by atoms with Crippen LogP contribution in [-0.4, -0.2) is 30.2 Å². The van der Waals surface area contributed by atoms with Gasteiger partial charge in [0.2, 0.25) is 0 Å². The summed E-state index contributed by atoms with van der Waals surface area (Å²) in [5, 5.41) is 0. The van der Waals surface area contributed by atoms with Crippen molar-refractivity contribution in [3.63, 3.8) is 0 Å². The molecular weight excluding hydrogens is 154 g/mol. The van der Waals surface area contributed by atoms with Gasteiger partial charge in [0.25, 0.3) is 0 Å². The highest BCUT2D eigenvalue weighted by atomic mass is 16.6. The van der Waals surface area contributed by atoms with Gasteiger partial charge in [-0.1, -0.05) is 24.8 Å². The number of hydrogen-bond acceptors (Lipinski definition) is 2. The first kappa shape index (κ1) is 8.84. The van der Waals surface area contributed by atoms with E-state index in [1.165, 1.54) is 0 Å². The Hall–Kier alpha value is -1.25. The Kier molecular flexibility index (Phi) is 2.91. The summed E-state index contributed by atoms with van der Waals surface area (Å²) in [5.74, 6) is 0. The van der Waals surface area contributed by atoms with Crippen molar-refractivity contribution in [3.05, 3.63) is 24.8 Å². The first-order valence-electron chi connectivity index (χ1n) is 3.96. The smallest absolute Gasteiger partial charge is 0.410 e. The third kappa shape index (κ3) is 1.87. The van der Waals surface area contributed by atoms with Crippen LogP contribution in [0.25, 0.3) is 0 Å². The molecule has 1 aliphatic heterocycles. The Balaban J connectivity index is 2.37. The van der Waals surface area contributed by atoms with Crippen molar-refractivity contribution in [1.82, 2.24) is 4.90 Å². The molecule has 0 spiro atoms. The van der Waals surface area contributed by atoms with E-state index in [0.717, 1.165) is 0 Å². The van der Waals surface area contributed by atoms with E-state index in [-0.39, 0.29) is 18.7 Å². The molecule has 0 radical (unpaired) electrons. The van der Waals surface area contributed by atoms with E-state index in [0.29, 0.717) is 6.54 Å². The van der Waals surface area contributed by atoms with Gasteiger partial charge in [-0.15, -0.1) is 0 Å². The minimum Gasteiger partial charge on any atom is -0.445 e. The quantitative estimate of drug-likeness (QED) is 0.584. The number of hydrogen-bond donors (Lipinski definition) is 0. The second-order valence-electron chi connectivity index (χ2n) is 2.69. The van der Waals surface area contributed by atoms with Crippen LogP contribution in [0.4, 0.5) is 4.79 Å². The molecule has 0 aromatic carbocycles. The average Bonchev–Trinajstić information content (AvgIpc) is 2.47. The first-order valence-corrected chi connectivity index (χ1v) is 3.96. The molecule has 0 aromatic rings. The second kappa shape index (κ2) is 3.95. The lowest BCUT2D eigenvalue weighted by Crippen LogP contribution is -2.34. The van der Waals surface area contributed by atoms with Gasteiger partial charge in [-0.25, -0.2) is 4.79 Å². The molecule has 3 heteroatoms. The average molecular weight is 167 g/mol. The predicted molar refractivity (Wildman–Crippen MR) is 46.9 cm³/mol. The van der Waals surface area contributed by atoms with Crippen molar-refractivity contribution in [2.45, 2.75) is 13.0 Å². The maximum atomic E-state index is 11.2. The summed E-state index contributed by atoms with van der Waals surface area (Å²) in [6.07, 6.45) is 5.23. The lowest BCUT2D eigenvalue weighted by atomic mass is 10.3. The number of amides is 1. The van der Waals surface area contributed by atoms with Crippen molar-refractivity contribution in [2.24, 2.45) is 0 Å². The van der Waals surface area contributed by atoms with Crippen LogP contribution >= 0.6 is 0 Å². The Morgan fingerprint density at radius 1 is 1.92 bits per heavy atom. The number of carbonyl (C=O) groups is 1. The van der Waals surface area contributed by atoms with E-state index in [1.54, 1.807) is 11.0 Å². The summed E-state index contributed by atoms with van der Waals surface area (Å²) in [6, 6.07) is 0.155. The molecule has 0 saturated carbocycles. The summed E-state index contributed by atoms with van der Waals surface area (Å²) in [5.41, 5.74) is 0. The third-order valence-corrected chi connectivity index (χ3v) is 1.77. The molecule has 66 valence electrons. The fourth-order valence-corrected chi connectivity index (χ4v) is 1.10. The zero-order valence-electron chi connectivity index (χ0n) is 7.19. The molecule has 1 heterocycles. The molecule has 0 saturated heterocycles. The predicted octanol–water partition coefficient (Wildman–Crippen LogP) is 1.57.